The maximum absolute atomic E-state index is 11.7. The van der Waals surface area contributed by atoms with E-state index in [1.807, 2.05) is 16.8 Å². The van der Waals surface area contributed by atoms with Gasteiger partial charge in [0.25, 0.3) is 5.91 Å². The number of nitrogens with one attached hydrogen (secondary N) is 1. The highest BCUT2D eigenvalue weighted by Crippen LogP contribution is 2.15. The summed E-state index contributed by atoms with van der Waals surface area (Å²) in [4.78, 5) is 14.2. The van der Waals surface area contributed by atoms with Gasteiger partial charge in [-0.15, -0.1) is 0 Å². The molecule has 1 aromatic rings. The van der Waals surface area contributed by atoms with E-state index in [0.717, 1.165) is 18.7 Å². The second-order valence-electron chi connectivity index (χ2n) is 4.15. The van der Waals surface area contributed by atoms with Gasteiger partial charge in [0.2, 0.25) is 0 Å². The Morgan fingerprint density at radius 3 is 3.25 bits per heavy atom. The van der Waals surface area contributed by atoms with Crippen LogP contribution >= 0.6 is 11.3 Å². The third kappa shape index (κ3) is 2.62. The van der Waals surface area contributed by atoms with E-state index in [0.29, 0.717) is 6.04 Å². The molecule has 2 rings (SSSR count). The zero-order valence-electron chi connectivity index (χ0n) is 9.61. The Kier molecular flexibility index (Phi) is 3.96. The molecule has 3 nitrogen and oxygen atoms in total. The van der Waals surface area contributed by atoms with E-state index in [1.165, 1.54) is 19.4 Å². The Bertz CT molecular complexity index is 337. The maximum atomic E-state index is 11.7. The van der Waals surface area contributed by atoms with Gasteiger partial charge < -0.3 is 5.32 Å². The molecular weight excluding hydrogens is 220 g/mol. The van der Waals surface area contributed by atoms with Crippen LogP contribution in [0.2, 0.25) is 0 Å². The van der Waals surface area contributed by atoms with Gasteiger partial charge in [-0.25, -0.2) is 0 Å². The van der Waals surface area contributed by atoms with Crippen molar-refractivity contribution < 1.29 is 4.79 Å². The van der Waals surface area contributed by atoms with E-state index in [1.54, 1.807) is 11.3 Å². The lowest BCUT2D eigenvalue weighted by molar-refractivity contribution is 0.0942. The smallest absolute Gasteiger partial charge is 0.252 e. The largest absolute Gasteiger partial charge is 0.350 e. The second kappa shape index (κ2) is 5.46. The van der Waals surface area contributed by atoms with Gasteiger partial charge in [0, 0.05) is 23.5 Å². The van der Waals surface area contributed by atoms with Crippen molar-refractivity contribution in [2.45, 2.75) is 25.8 Å². The van der Waals surface area contributed by atoms with Crippen LogP contribution in [-0.2, 0) is 0 Å². The summed E-state index contributed by atoms with van der Waals surface area (Å²) in [5.74, 6) is 0.0594. The van der Waals surface area contributed by atoms with Crippen molar-refractivity contribution in [1.29, 1.82) is 0 Å². The lowest BCUT2D eigenvalue weighted by Crippen LogP contribution is -2.39. The van der Waals surface area contributed by atoms with E-state index >= 15 is 0 Å². The fourth-order valence-corrected chi connectivity index (χ4v) is 2.88. The summed E-state index contributed by atoms with van der Waals surface area (Å²) in [6.07, 6.45) is 2.46. The molecule has 88 valence electrons. The van der Waals surface area contributed by atoms with Crippen LogP contribution in [0.1, 0.15) is 30.1 Å². The summed E-state index contributed by atoms with van der Waals surface area (Å²) in [6.45, 7) is 5.22. The van der Waals surface area contributed by atoms with Crippen molar-refractivity contribution in [3.05, 3.63) is 22.4 Å². The van der Waals surface area contributed by atoms with Crippen LogP contribution in [0.15, 0.2) is 16.8 Å². The van der Waals surface area contributed by atoms with Crippen molar-refractivity contribution in [2.24, 2.45) is 0 Å². The molecule has 0 bridgehead atoms. The topological polar surface area (TPSA) is 32.3 Å². The van der Waals surface area contributed by atoms with Gasteiger partial charge in [0.1, 0.15) is 0 Å². The first-order chi connectivity index (χ1) is 7.81. The number of likely N-dealkylation sites (tertiary alicyclic amines) is 1. The van der Waals surface area contributed by atoms with Crippen LogP contribution in [0.25, 0.3) is 0 Å². The Morgan fingerprint density at radius 1 is 1.69 bits per heavy atom. The number of nitrogens with zero attached hydrogens (tertiary/aromatic N) is 1. The highest BCUT2D eigenvalue weighted by atomic mass is 32.1. The number of carbonyl (C=O) groups excluding carboxylic acids is 1. The molecule has 4 heteroatoms. The zero-order chi connectivity index (χ0) is 11.4. The molecule has 0 aromatic carbocycles. The molecule has 2 heterocycles. The third-order valence-corrected chi connectivity index (χ3v) is 3.87. The van der Waals surface area contributed by atoms with Crippen LogP contribution in [0.4, 0.5) is 0 Å². The van der Waals surface area contributed by atoms with Crippen molar-refractivity contribution in [1.82, 2.24) is 10.2 Å². The lowest BCUT2D eigenvalue weighted by Gasteiger charge is -2.22. The number of rotatable bonds is 4. The van der Waals surface area contributed by atoms with Gasteiger partial charge in [-0.3, -0.25) is 9.69 Å². The third-order valence-electron chi connectivity index (χ3n) is 3.19. The van der Waals surface area contributed by atoms with Crippen LogP contribution in [-0.4, -0.2) is 36.5 Å². The summed E-state index contributed by atoms with van der Waals surface area (Å²) >= 11 is 1.56. The van der Waals surface area contributed by atoms with Gasteiger partial charge in [0.15, 0.2) is 0 Å². The Labute approximate surface area is 100 Å². The van der Waals surface area contributed by atoms with Crippen molar-refractivity contribution in [3.63, 3.8) is 0 Å². The minimum absolute atomic E-state index is 0.0594. The molecule has 0 aliphatic carbocycles. The minimum Gasteiger partial charge on any atom is -0.350 e. The number of thiophene rings is 1. The quantitative estimate of drug-likeness (QED) is 0.869. The average Bonchev–Trinajstić information content (AvgIpc) is 2.96. The standard InChI is InChI=1S/C12H18N2OS/c1-2-14-6-3-4-11(14)8-13-12(15)10-5-7-16-9-10/h5,7,9,11H,2-4,6,8H2,1H3,(H,13,15)/t11-/m0/s1. The number of carbonyl (C=O) groups is 1. The molecule has 1 saturated heterocycles. The highest BCUT2D eigenvalue weighted by molar-refractivity contribution is 7.08. The Balaban J connectivity index is 1.81. The zero-order valence-corrected chi connectivity index (χ0v) is 10.4. The number of hydrogen-bond acceptors (Lipinski definition) is 3. The molecule has 1 N–H and O–H groups in total. The molecule has 0 saturated carbocycles. The SMILES string of the molecule is CCN1CCC[C@H]1CNC(=O)c1ccsc1. The molecule has 1 atom stereocenters. The van der Waals surface area contributed by atoms with Gasteiger partial charge in [-0.2, -0.15) is 11.3 Å². The molecule has 0 unspecified atom stereocenters. The number of amides is 1. The van der Waals surface area contributed by atoms with Crippen molar-refractivity contribution >= 4 is 17.2 Å². The molecule has 1 fully saturated rings. The molecular formula is C12H18N2OS. The molecule has 0 radical (unpaired) electrons. The average molecular weight is 238 g/mol. The fourth-order valence-electron chi connectivity index (χ4n) is 2.25. The van der Waals surface area contributed by atoms with E-state index in [-0.39, 0.29) is 5.91 Å². The summed E-state index contributed by atoms with van der Waals surface area (Å²) in [7, 11) is 0. The summed E-state index contributed by atoms with van der Waals surface area (Å²) in [5, 5.41) is 6.84. The van der Waals surface area contributed by atoms with Crippen LogP contribution in [0.3, 0.4) is 0 Å². The van der Waals surface area contributed by atoms with E-state index < -0.39 is 0 Å². The van der Waals surface area contributed by atoms with E-state index in [2.05, 4.69) is 17.1 Å². The molecule has 1 amide bonds. The lowest BCUT2D eigenvalue weighted by atomic mass is 10.2. The monoisotopic (exact) mass is 238 g/mol. The molecule has 1 aromatic heterocycles. The van der Waals surface area contributed by atoms with Crippen molar-refractivity contribution in [2.75, 3.05) is 19.6 Å². The van der Waals surface area contributed by atoms with Crippen LogP contribution in [0, 0.1) is 0 Å². The van der Waals surface area contributed by atoms with Gasteiger partial charge in [0.05, 0.1) is 0 Å². The highest BCUT2D eigenvalue weighted by Gasteiger charge is 2.23. The number of likely N-dealkylation sites (N-methyl/N-ethyl adjacent to an activating group) is 1. The molecule has 1 aliphatic heterocycles. The predicted molar refractivity (Wildman–Crippen MR) is 66.9 cm³/mol. The number of hydrogen-bond donors (Lipinski definition) is 1. The summed E-state index contributed by atoms with van der Waals surface area (Å²) < 4.78 is 0. The van der Waals surface area contributed by atoms with Gasteiger partial charge in [-0.05, 0) is 37.4 Å². The fraction of sp³-hybridized carbons (Fsp3) is 0.583. The van der Waals surface area contributed by atoms with E-state index in [4.69, 9.17) is 0 Å². The second-order valence-corrected chi connectivity index (χ2v) is 4.93. The predicted octanol–water partition coefficient (Wildman–Crippen LogP) is 1.96. The first-order valence-corrected chi connectivity index (χ1v) is 6.80. The molecule has 16 heavy (non-hydrogen) atoms. The maximum Gasteiger partial charge on any atom is 0.252 e. The van der Waals surface area contributed by atoms with E-state index in [9.17, 15) is 4.79 Å². The van der Waals surface area contributed by atoms with Gasteiger partial charge in [-0.1, -0.05) is 6.92 Å². The Morgan fingerprint density at radius 2 is 2.56 bits per heavy atom. The van der Waals surface area contributed by atoms with Crippen molar-refractivity contribution in [3.8, 4) is 0 Å². The summed E-state index contributed by atoms with van der Waals surface area (Å²) in [5.41, 5.74) is 0.783. The van der Waals surface area contributed by atoms with Crippen LogP contribution in [0.5, 0.6) is 0 Å². The van der Waals surface area contributed by atoms with Crippen LogP contribution < -0.4 is 5.32 Å². The first kappa shape index (κ1) is 11.6. The Hall–Kier alpha value is -0.870. The van der Waals surface area contributed by atoms with Gasteiger partial charge >= 0.3 is 0 Å². The minimum atomic E-state index is 0.0594. The normalized spacial score (nSPS) is 21.2. The molecule has 0 spiro atoms. The molecule has 1 aliphatic rings. The first-order valence-electron chi connectivity index (χ1n) is 5.85. The summed E-state index contributed by atoms with van der Waals surface area (Å²) in [6, 6.07) is 2.40.